The molecule has 3 heteroatoms. The first-order chi connectivity index (χ1) is 19.6. The van der Waals surface area contributed by atoms with Crippen LogP contribution in [0.4, 0.5) is 0 Å². The summed E-state index contributed by atoms with van der Waals surface area (Å²) >= 11 is 0. The molecule has 1 heterocycles. The van der Waals surface area contributed by atoms with E-state index in [1.807, 2.05) is 12.4 Å². The summed E-state index contributed by atoms with van der Waals surface area (Å²) in [6.07, 6.45) is 43.8. The van der Waals surface area contributed by atoms with Gasteiger partial charge in [0.15, 0.2) is 0 Å². The minimum absolute atomic E-state index is 0.330. The van der Waals surface area contributed by atoms with Crippen molar-refractivity contribution in [3.63, 3.8) is 0 Å². The molecular formula is C37H71N2O+. The molecule has 40 heavy (non-hydrogen) atoms. The minimum Gasteiger partial charge on any atom is -0.230 e. The second-order valence-electron chi connectivity index (χ2n) is 13.0. The first kappa shape index (κ1) is 37.1. The van der Waals surface area contributed by atoms with Gasteiger partial charge in [-0.1, -0.05) is 181 Å². The minimum atomic E-state index is 0.330. The normalized spacial score (nSPS) is 16.6. The Morgan fingerprint density at radius 1 is 0.525 bits per heavy atom. The van der Waals surface area contributed by atoms with E-state index in [0.29, 0.717) is 16.8 Å². The number of hydrogen-bond acceptors (Lipinski definition) is 2. The SMILES string of the molecule is CCCCCCCCCCCCCCCCCCC1=NC=C[N+]1(C)C(=O)CCCCCCCCCCCCCC. The van der Waals surface area contributed by atoms with Crippen LogP contribution in [0.5, 0.6) is 0 Å². The molecule has 0 saturated carbocycles. The highest BCUT2D eigenvalue weighted by molar-refractivity contribution is 5.90. The van der Waals surface area contributed by atoms with Crippen molar-refractivity contribution >= 4 is 11.7 Å². The van der Waals surface area contributed by atoms with Crippen LogP contribution in [-0.2, 0) is 4.79 Å². The second-order valence-corrected chi connectivity index (χ2v) is 13.0. The van der Waals surface area contributed by atoms with Crippen LogP contribution in [-0.4, -0.2) is 23.3 Å². The van der Waals surface area contributed by atoms with Crippen molar-refractivity contribution in [2.75, 3.05) is 7.05 Å². The predicted molar refractivity (Wildman–Crippen MR) is 178 cm³/mol. The van der Waals surface area contributed by atoms with Crippen LogP contribution in [0.25, 0.3) is 0 Å². The van der Waals surface area contributed by atoms with Gasteiger partial charge in [0.05, 0.1) is 19.7 Å². The van der Waals surface area contributed by atoms with E-state index in [1.165, 1.54) is 173 Å². The van der Waals surface area contributed by atoms with Crippen molar-refractivity contribution in [2.45, 2.75) is 206 Å². The third kappa shape index (κ3) is 19.2. The zero-order valence-electron chi connectivity index (χ0n) is 27.7. The van der Waals surface area contributed by atoms with Crippen LogP contribution < -0.4 is 0 Å². The lowest BCUT2D eigenvalue weighted by Crippen LogP contribution is -2.47. The lowest BCUT2D eigenvalue weighted by atomic mass is 10.0. The van der Waals surface area contributed by atoms with Crippen molar-refractivity contribution in [1.29, 1.82) is 0 Å². The molecule has 0 aliphatic carbocycles. The van der Waals surface area contributed by atoms with Gasteiger partial charge < -0.3 is 0 Å². The molecule has 0 aromatic carbocycles. The Bertz CT molecular complexity index is 640. The fraction of sp³-hybridized carbons (Fsp3) is 0.892. The van der Waals surface area contributed by atoms with Gasteiger partial charge >= 0.3 is 5.91 Å². The number of carbonyl (C=O) groups excluding carboxylic acids is 1. The Morgan fingerprint density at radius 3 is 1.23 bits per heavy atom. The van der Waals surface area contributed by atoms with E-state index in [0.717, 1.165) is 18.7 Å². The molecule has 1 unspecified atom stereocenters. The number of amides is 1. The molecule has 1 atom stereocenters. The molecule has 0 N–H and O–H groups in total. The number of nitrogens with zero attached hydrogens (tertiary/aromatic N) is 2. The van der Waals surface area contributed by atoms with E-state index in [2.05, 4.69) is 25.9 Å². The van der Waals surface area contributed by atoms with Gasteiger partial charge in [-0.25, -0.2) is 9.79 Å². The number of rotatable bonds is 30. The highest BCUT2D eigenvalue weighted by Gasteiger charge is 2.37. The average molecular weight is 560 g/mol. The van der Waals surface area contributed by atoms with Crippen molar-refractivity contribution < 1.29 is 9.28 Å². The highest BCUT2D eigenvalue weighted by atomic mass is 16.2. The van der Waals surface area contributed by atoms with E-state index in [1.54, 1.807) is 0 Å². The fourth-order valence-electron chi connectivity index (χ4n) is 6.16. The Morgan fingerprint density at radius 2 is 0.850 bits per heavy atom. The number of amidine groups is 1. The summed E-state index contributed by atoms with van der Waals surface area (Å²) in [4.78, 5) is 17.7. The number of hydrogen-bond donors (Lipinski definition) is 0. The molecule has 0 saturated heterocycles. The molecule has 0 aromatic rings. The maximum atomic E-state index is 13.1. The maximum absolute atomic E-state index is 13.1. The van der Waals surface area contributed by atoms with Crippen LogP contribution in [0.2, 0.25) is 0 Å². The van der Waals surface area contributed by atoms with Crippen LogP contribution >= 0.6 is 0 Å². The summed E-state index contributed by atoms with van der Waals surface area (Å²) in [5.74, 6) is 1.39. The molecule has 0 spiro atoms. The van der Waals surface area contributed by atoms with Crippen molar-refractivity contribution in [3.8, 4) is 0 Å². The molecule has 0 aromatic heterocycles. The molecule has 0 fully saturated rings. The topological polar surface area (TPSA) is 29.4 Å². The number of unbranched alkanes of at least 4 members (excludes halogenated alkanes) is 26. The zero-order valence-corrected chi connectivity index (χ0v) is 27.7. The van der Waals surface area contributed by atoms with E-state index in [9.17, 15) is 4.79 Å². The Balaban J connectivity index is 1.96. The van der Waals surface area contributed by atoms with Crippen molar-refractivity contribution in [1.82, 2.24) is 0 Å². The average Bonchev–Trinajstić information content (AvgIpc) is 3.34. The van der Waals surface area contributed by atoms with Gasteiger partial charge in [-0.15, -0.1) is 0 Å². The molecule has 3 nitrogen and oxygen atoms in total. The standard InChI is InChI=1S/C37H71N2O/c1-4-6-8-10-12-14-16-18-19-20-21-22-24-26-28-30-32-36-38-34-35-39(36,3)37(40)33-31-29-27-25-23-17-15-13-11-9-7-5-2/h34-35H,4-33H2,1-3H3/q+1. The van der Waals surface area contributed by atoms with E-state index in [-0.39, 0.29) is 0 Å². The Labute approximate surface area is 251 Å². The monoisotopic (exact) mass is 560 g/mol. The van der Waals surface area contributed by atoms with Gasteiger partial charge in [-0.05, 0) is 12.8 Å². The number of carbonyl (C=O) groups is 1. The first-order valence-corrected chi connectivity index (χ1v) is 18.3. The molecule has 234 valence electrons. The molecule has 0 radical (unpaired) electrons. The second kappa shape index (κ2) is 26.9. The lowest BCUT2D eigenvalue weighted by molar-refractivity contribution is -0.683. The van der Waals surface area contributed by atoms with Gasteiger partial charge in [0.25, 0.3) is 0 Å². The summed E-state index contributed by atoms with van der Waals surface area (Å²) < 4.78 is 0.330. The zero-order chi connectivity index (χ0) is 29.0. The fourth-order valence-corrected chi connectivity index (χ4v) is 6.16. The number of quaternary nitrogens is 1. The molecule has 1 amide bonds. The molecule has 1 rings (SSSR count). The molecule has 1 aliphatic heterocycles. The summed E-state index contributed by atoms with van der Waals surface area (Å²) in [7, 11) is 2.05. The van der Waals surface area contributed by atoms with Crippen LogP contribution in [0, 0.1) is 0 Å². The molecule has 0 bridgehead atoms. The molecular weight excluding hydrogens is 488 g/mol. The van der Waals surface area contributed by atoms with Crippen LogP contribution in [0.3, 0.4) is 0 Å². The largest absolute Gasteiger partial charge is 0.324 e. The smallest absolute Gasteiger partial charge is 0.230 e. The predicted octanol–water partition coefficient (Wildman–Crippen LogP) is 12.6. The van der Waals surface area contributed by atoms with Gasteiger partial charge in [-0.3, -0.25) is 0 Å². The van der Waals surface area contributed by atoms with E-state index in [4.69, 9.17) is 0 Å². The van der Waals surface area contributed by atoms with Crippen LogP contribution in [0.15, 0.2) is 17.4 Å². The number of aliphatic imine (C=N–C) groups is 1. The highest BCUT2D eigenvalue weighted by Crippen LogP contribution is 2.22. The van der Waals surface area contributed by atoms with Gasteiger partial charge in [0.1, 0.15) is 6.20 Å². The van der Waals surface area contributed by atoms with Crippen molar-refractivity contribution in [2.24, 2.45) is 4.99 Å². The van der Waals surface area contributed by atoms with Crippen molar-refractivity contribution in [3.05, 3.63) is 12.4 Å². The van der Waals surface area contributed by atoms with Crippen LogP contribution in [0.1, 0.15) is 206 Å². The van der Waals surface area contributed by atoms with E-state index >= 15 is 0 Å². The summed E-state index contributed by atoms with van der Waals surface area (Å²) in [6, 6.07) is 0. The maximum Gasteiger partial charge on any atom is 0.324 e. The summed E-state index contributed by atoms with van der Waals surface area (Å²) in [5, 5.41) is 0. The van der Waals surface area contributed by atoms with Gasteiger partial charge in [-0.2, -0.15) is 4.48 Å². The third-order valence-corrected chi connectivity index (χ3v) is 9.14. The first-order valence-electron chi connectivity index (χ1n) is 18.3. The van der Waals surface area contributed by atoms with E-state index < -0.39 is 0 Å². The summed E-state index contributed by atoms with van der Waals surface area (Å²) in [6.45, 7) is 4.58. The molecule has 1 aliphatic rings. The Hall–Kier alpha value is -0.960. The van der Waals surface area contributed by atoms with Gasteiger partial charge in [0, 0.05) is 6.42 Å². The van der Waals surface area contributed by atoms with Gasteiger partial charge in [0.2, 0.25) is 5.84 Å². The lowest BCUT2D eigenvalue weighted by Gasteiger charge is -2.25. The summed E-state index contributed by atoms with van der Waals surface area (Å²) in [5.41, 5.74) is 0. The Kier molecular flexibility index (Phi) is 24.9. The quantitative estimate of drug-likeness (QED) is 0.0635. The third-order valence-electron chi connectivity index (χ3n) is 9.14.